The molecular formula is C19H17ClN4S. The number of terminal acetylenes is 1. The predicted octanol–water partition coefficient (Wildman–Crippen LogP) is 4.51. The third-order valence-electron chi connectivity index (χ3n) is 4.19. The summed E-state index contributed by atoms with van der Waals surface area (Å²) in [4.78, 5) is 6.14. The average Bonchev–Trinajstić information content (AvgIpc) is 3.06. The minimum Gasteiger partial charge on any atom is -0.276 e. The maximum Gasteiger partial charge on any atom is 0.160 e. The maximum atomic E-state index is 6.03. The molecular weight excluding hydrogens is 352 g/mol. The summed E-state index contributed by atoms with van der Waals surface area (Å²) < 4.78 is 2.13. The molecule has 0 bridgehead atoms. The molecule has 126 valence electrons. The fraction of sp³-hybridized carbons (Fsp3) is 0.211. The van der Waals surface area contributed by atoms with Crippen molar-refractivity contribution in [3.05, 3.63) is 62.5 Å². The van der Waals surface area contributed by atoms with Crippen molar-refractivity contribution in [2.75, 3.05) is 0 Å². The highest BCUT2D eigenvalue weighted by molar-refractivity contribution is 7.15. The van der Waals surface area contributed by atoms with Gasteiger partial charge in [0.1, 0.15) is 17.4 Å². The summed E-state index contributed by atoms with van der Waals surface area (Å²) in [6, 6.07) is 7.86. The minimum atomic E-state index is 0.526. The molecule has 1 aliphatic heterocycles. The van der Waals surface area contributed by atoms with Crippen LogP contribution in [0.1, 0.15) is 33.2 Å². The summed E-state index contributed by atoms with van der Waals surface area (Å²) in [6.07, 6.45) is 8.00. The molecule has 0 unspecified atom stereocenters. The second-order valence-electron chi connectivity index (χ2n) is 5.63. The van der Waals surface area contributed by atoms with Crippen LogP contribution < -0.4 is 0 Å². The van der Waals surface area contributed by atoms with Crippen molar-refractivity contribution in [3.8, 4) is 17.8 Å². The first-order valence-electron chi connectivity index (χ1n) is 7.71. The van der Waals surface area contributed by atoms with Gasteiger partial charge in [-0.15, -0.1) is 34.4 Å². The first-order valence-corrected chi connectivity index (χ1v) is 8.91. The second kappa shape index (κ2) is 6.83. The monoisotopic (exact) mass is 368 g/mol. The van der Waals surface area contributed by atoms with Crippen LogP contribution in [0.4, 0.5) is 0 Å². The van der Waals surface area contributed by atoms with Crippen molar-refractivity contribution in [3.63, 3.8) is 0 Å². The molecule has 3 aromatic rings. The molecule has 0 radical (unpaired) electrons. The number of rotatable bonds is 1. The maximum absolute atomic E-state index is 6.03. The SMILES string of the molecule is C#C.Cc1sc2c(c1C)C(c1ccc(Cl)cc1)=NCc1nnc(C)n1-2. The van der Waals surface area contributed by atoms with Crippen LogP contribution in [0.2, 0.25) is 5.02 Å². The fourth-order valence-corrected chi connectivity index (χ4v) is 4.24. The molecule has 0 saturated carbocycles. The number of hydrogen-bond donors (Lipinski definition) is 0. The van der Waals surface area contributed by atoms with Gasteiger partial charge in [0.25, 0.3) is 0 Å². The summed E-state index contributed by atoms with van der Waals surface area (Å²) in [5.41, 5.74) is 4.52. The Balaban J connectivity index is 0.000000880. The van der Waals surface area contributed by atoms with Gasteiger partial charge >= 0.3 is 0 Å². The van der Waals surface area contributed by atoms with E-state index in [1.807, 2.05) is 31.2 Å². The Hall–Kier alpha value is -2.42. The summed E-state index contributed by atoms with van der Waals surface area (Å²) >= 11 is 7.80. The van der Waals surface area contributed by atoms with Crippen LogP contribution >= 0.6 is 22.9 Å². The molecule has 0 atom stereocenters. The van der Waals surface area contributed by atoms with Gasteiger partial charge in [0, 0.05) is 21.0 Å². The summed E-state index contributed by atoms with van der Waals surface area (Å²) in [5.74, 6) is 1.78. The van der Waals surface area contributed by atoms with Gasteiger partial charge in [-0.05, 0) is 38.5 Å². The highest BCUT2D eigenvalue weighted by Gasteiger charge is 2.26. The molecule has 0 aliphatic carbocycles. The zero-order valence-electron chi connectivity index (χ0n) is 14.2. The van der Waals surface area contributed by atoms with E-state index in [0.29, 0.717) is 6.54 Å². The number of aliphatic imine (C=N–C) groups is 1. The van der Waals surface area contributed by atoms with Crippen LogP contribution in [0.15, 0.2) is 29.3 Å². The summed E-state index contributed by atoms with van der Waals surface area (Å²) in [7, 11) is 0. The van der Waals surface area contributed by atoms with E-state index < -0.39 is 0 Å². The first kappa shape index (κ1) is 17.4. The number of fused-ring (bicyclic) bond motifs is 3. The number of benzene rings is 1. The van der Waals surface area contributed by atoms with Crippen molar-refractivity contribution in [1.82, 2.24) is 14.8 Å². The van der Waals surface area contributed by atoms with Gasteiger partial charge in [-0.3, -0.25) is 9.56 Å². The Morgan fingerprint density at radius 2 is 1.76 bits per heavy atom. The molecule has 0 fully saturated rings. The van der Waals surface area contributed by atoms with Crippen molar-refractivity contribution in [2.45, 2.75) is 27.3 Å². The summed E-state index contributed by atoms with van der Waals surface area (Å²) in [5, 5.41) is 10.4. The molecule has 1 aliphatic rings. The number of nitrogens with zero attached hydrogens (tertiary/aromatic N) is 4. The molecule has 1 aromatic carbocycles. The highest BCUT2D eigenvalue weighted by atomic mass is 35.5. The number of aromatic nitrogens is 3. The highest BCUT2D eigenvalue weighted by Crippen LogP contribution is 2.36. The zero-order valence-corrected chi connectivity index (χ0v) is 15.8. The molecule has 4 rings (SSSR count). The van der Waals surface area contributed by atoms with Crippen molar-refractivity contribution in [2.24, 2.45) is 4.99 Å². The molecule has 4 nitrogen and oxygen atoms in total. The van der Waals surface area contributed by atoms with Gasteiger partial charge in [-0.1, -0.05) is 23.7 Å². The van der Waals surface area contributed by atoms with E-state index in [1.54, 1.807) is 11.3 Å². The van der Waals surface area contributed by atoms with E-state index in [1.165, 1.54) is 16.0 Å². The quantitative estimate of drug-likeness (QED) is 0.593. The topological polar surface area (TPSA) is 43.1 Å². The summed E-state index contributed by atoms with van der Waals surface area (Å²) in [6.45, 7) is 6.81. The molecule has 0 saturated heterocycles. The van der Waals surface area contributed by atoms with Crippen LogP contribution in [-0.4, -0.2) is 20.5 Å². The lowest BCUT2D eigenvalue weighted by atomic mass is 10.00. The van der Waals surface area contributed by atoms with Gasteiger partial charge < -0.3 is 0 Å². The molecule has 3 heterocycles. The third-order valence-corrected chi connectivity index (χ3v) is 5.64. The Labute approximate surface area is 156 Å². The van der Waals surface area contributed by atoms with Crippen LogP contribution in [0, 0.1) is 33.6 Å². The van der Waals surface area contributed by atoms with Crippen molar-refractivity contribution < 1.29 is 0 Å². The molecule has 6 heteroatoms. The number of hydrogen-bond acceptors (Lipinski definition) is 4. The van der Waals surface area contributed by atoms with E-state index in [9.17, 15) is 0 Å². The van der Waals surface area contributed by atoms with E-state index >= 15 is 0 Å². The van der Waals surface area contributed by atoms with E-state index in [2.05, 4.69) is 41.5 Å². The fourth-order valence-electron chi connectivity index (χ4n) is 2.89. The smallest absolute Gasteiger partial charge is 0.160 e. The Bertz CT molecular complexity index is 977. The van der Waals surface area contributed by atoms with Crippen LogP contribution in [0.25, 0.3) is 5.00 Å². The standard InChI is InChI=1S/C17H15ClN4S.C2H2/c1-9-10(2)23-17-15(9)16(12-4-6-13(18)7-5-12)19-8-14-21-20-11(3)22(14)17;1-2/h4-7H,8H2,1-3H3;1-2H. The minimum absolute atomic E-state index is 0.526. The Morgan fingerprint density at radius 3 is 2.44 bits per heavy atom. The Morgan fingerprint density at radius 1 is 1.08 bits per heavy atom. The Kier molecular flexibility index (Phi) is 4.76. The number of halogens is 1. The van der Waals surface area contributed by atoms with Gasteiger partial charge in [0.2, 0.25) is 0 Å². The second-order valence-corrected chi connectivity index (χ2v) is 7.27. The van der Waals surface area contributed by atoms with E-state index in [-0.39, 0.29) is 0 Å². The molecule has 0 amide bonds. The largest absolute Gasteiger partial charge is 0.276 e. The lowest BCUT2D eigenvalue weighted by Gasteiger charge is -2.09. The van der Waals surface area contributed by atoms with Crippen LogP contribution in [0.5, 0.6) is 0 Å². The van der Waals surface area contributed by atoms with Gasteiger partial charge in [-0.2, -0.15) is 0 Å². The third kappa shape index (κ3) is 2.88. The number of aryl methyl sites for hydroxylation is 2. The normalized spacial score (nSPS) is 12.3. The van der Waals surface area contributed by atoms with Gasteiger partial charge in [-0.25, -0.2) is 0 Å². The van der Waals surface area contributed by atoms with Crippen LogP contribution in [0.3, 0.4) is 0 Å². The van der Waals surface area contributed by atoms with Crippen molar-refractivity contribution >= 4 is 28.6 Å². The van der Waals surface area contributed by atoms with Gasteiger partial charge in [0.05, 0.1) is 5.71 Å². The van der Waals surface area contributed by atoms with Gasteiger partial charge in [0.15, 0.2) is 5.82 Å². The number of thiophene rings is 1. The van der Waals surface area contributed by atoms with E-state index in [0.717, 1.165) is 32.9 Å². The lowest BCUT2D eigenvalue weighted by molar-refractivity contribution is 0.869. The first-order chi connectivity index (χ1) is 12.1. The molecule has 2 aromatic heterocycles. The molecule has 0 spiro atoms. The van der Waals surface area contributed by atoms with E-state index in [4.69, 9.17) is 16.6 Å². The van der Waals surface area contributed by atoms with Crippen molar-refractivity contribution in [1.29, 1.82) is 0 Å². The predicted molar refractivity (Wildman–Crippen MR) is 104 cm³/mol. The lowest BCUT2D eigenvalue weighted by Crippen LogP contribution is -2.07. The zero-order chi connectivity index (χ0) is 18.1. The molecule has 0 N–H and O–H groups in total. The molecule has 25 heavy (non-hydrogen) atoms. The average molecular weight is 369 g/mol. The van der Waals surface area contributed by atoms with Crippen LogP contribution in [-0.2, 0) is 6.54 Å².